The molecule has 1 aliphatic rings. The van der Waals surface area contributed by atoms with Crippen LogP contribution < -0.4 is 15.5 Å². The first-order valence-electron chi connectivity index (χ1n) is 9.57. The van der Waals surface area contributed by atoms with Gasteiger partial charge in [0, 0.05) is 24.2 Å². The van der Waals surface area contributed by atoms with Crippen LogP contribution in [0.25, 0.3) is 0 Å². The maximum absolute atomic E-state index is 14.6. The molecule has 9 heteroatoms. The van der Waals surface area contributed by atoms with E-state index in [0.717, 1.165) is 12.1 Å². The average Bonchev–Trinajstić information content (AvgIpc) is 2.87. The van der Waals surface area contributed by atoms with Crippen LogP contribution in [0.3, 0.4) is 0 Å². The molecule has 2 N–H and O–H groups in total. The van der Waals surface area contributed by atoms with Crippen molar-refractivity contribution < 1.29 is 22.8 Å². The summed E-state index contributed by atoms with van der Waals surface area (Å²) >= 11 is 0. The molecule has 0 radical (unpaired) electrons. The summed E-state index contributed by atoms with van der Waals surface area (Å²) < 4.78 is 41.6. The van der Waals surface area contributed by atoms with Crippen LogP contribution in [0.1, 0.15) is 11.1 Å². The van der Waals surface area contributed by atoms with Crippen molar-refractivity contribution in [3.63, 3.8) is 0 Å². The number of benzene rings is 3. The predicted molar refractivity (Wildman–Crippen MR) is 114 cm³/mol. The molecule has 3 amide bonds. The Hall–Kier alpha value is -4.14. The number of para-hydroxylation sites is 1. The maximum atomic E-state index is 14.6. The largest absolute Gasteiger partial charge is 0.321 e. The van der Waals surface area contributed by atoms with Crippen molar-refractivity contribution in [1.82, 2.24) is 5.32 Å². The van der Waals surface area contributed by atoms with Gasteiger partial charge in [-0.3, -0.25) is 4.79 Å². The van der Waals surface area contributed by atoms with Crippen molar-refractivity contribution in [2.75, 3.05) is 17.3 Å². The minimum atomic E-state index is -1.43. The van der Waals surface area contributed by atoms with E-state index in [4.69, 9.17) is 0 Å². The Bertz CT molecular complexity index is 1250. The molecule has 3 aromatic carbocycles. The van der Waals surface area contributed by atoms with Gasteiger partial charge in [0.1, 0.15) is 17.5 Å². The molecule has 32 heavy (non-hydrogen) atoms. The van der Waals surface area contributed by atoms with Gasteiger partial charge in [-0.25, -0.2) is 23.0 Å². The van der Waals surface area contributed by atoms with E-state index in [1.54, 1.807) is 30.3 Å². The van der Waals surface area contributed by atoms with Crippen molar-refractivity contribution in [1.29, 1.82) is 0 Å². The molecular weight excluding hydrogens is 421 g/mol. The lowest BCUT2D eigenvalue weighted by molar-refractivity contribution is -0.119. The number of rotatable bonds is 3. The number of benzodiazepines with no additional fused rings is 1. The highest BCUT2D eigenvalue weighted by Crippen LogP contribution is 2.28. The van der Waals surface area contributed by atoms with Gasteiger partial charge in [0.2, 0.25) is 6.17 Å². The molecule has 1 unspecified atom stereocenters. The van der Waals surface area contributed by atoms with Gasteiger partial charge in [0.05, 0.1) is 17.1 Å². The van der Waals surface area contributed by atoms with Gasteiger partial charge in [-0.1, -0.05) is 30.3 Å². The van der Waals surface area contributed by atoms with E-state index in [9.17, 15) is 22.8 Å². The topological polar surface area (TPSA) is 73.8 Å². The highest BCUT2D eigenvalue weighted by atomic mass is 19.1. The van der Waals surface area contributed by atoms with Gasteiger partial charge in [0.25, 0.3) is 5.91 Å². The Morgan fingerprint density at radius 1 is 0.938 bits per heavy atom. The number of halogens is 3. The lowest BCUT2D eigenvalue weighted by Crippen LogP contribution is -2.47. The summed E-state index contributed by atoms with van der Waals surface area (Å²) in [5.41, 5.74) is 1.03. The van der Waals surface area contributed by atoms with Gasteiger partial charge < -0.3 is 15.5 Å². The minimum absolute atomic E-state index is 0.153. The van der Waals surface area contributed by atoms with E-state index >= 15 is 0 Å². The van der Waals surface area contributed by atoms with Crippen LogP contribution in [0.2, 0.25) is 0 Å². The summed E-state index contributed by atoms with van der Waals surface area (Å²) in [6, 6.07) is 14.5. The monoisotopic (exact) mass is 438 g/mol. The third-order valence-electron chi connectivity index (χ3n) is 4.92. The number of nitrogens with zero attached hydrogens (tertiary/aromatic N) is 2. The van der Waals surface area contributed by atoms with Crippen LogP contribution >= 0.6 is 0 Å². The number of fused-ring (bicyclic) bond motifs is 1. The zero-order valence-corrected chi connectivity index (χ0v) is 16.8. The molecule has 0 fully saturated rings. The number of carbonyl (C=O) groups is 2. The van der Waals surface area contributed by atoms with Crippen LogP contribution in [0.15, 0.2) is 71.7 Å². The van der Waals surface area contributed by atoms with Gasteiger partial charge in [-0.05, 0) is 30.3 Å². The molecule has 0 aliphatic carbocycles. The van der Waals surface area contributed by atoms with Gasteiger partial charge in [-0.2, -0.15) is 0 Å². The molecule has 6 nitrogen and oxygen atoms in total. The van der Waals surface area contributed by atoms with E-state index in [-0.39, 0.29) is 17.0 Å². The van der Waals surface area contributed by atoms with Crippen molar-refractivity contribution in [3.05, 3.63) is 95.3 Å². The highest BCUT2D eigenvalue weighted by Gasteiger charge is 2.31. The number of amides is 3. The molecule has 0 aromatic heterocycles. The minimum Gasteiger partial charge on any atom is -0.311 e. The predicted octanol–water partition coefficient (Wildman–Crippen LogP) is 4.07. The molecule has 4 rings (SSSR count). The van der Waals surface area contributed by atoms with Gasteiger partial charge in [0.15, 0.2) is 0 Å². The zero-order chi connectivity index (χ0) is 22.8. The molecule has 1 heterocycles. The highest BCUT2D eigenvalue weighted by molar-refractivity contribution is 6.20. The second-order valence-corrected chi connectivity index (χ2v) is 7.00. The van der Waals surface area contributed by atoms with E-state index < -0.39 is 35.6 Å². The first-order valence-corrected chi connectivity index (χ1v) is 9.57. The molecule has 0 spiro atoms. The standard InChI is InChI=1S/C23H17F3N4O2/c1-30-19-9-5-3-7-15(19)20(14-6-2-4-8-16(14)25)28-21(22(30)31)29-23(32)27-18-11-10-13(24)12-17(18)26/h2-12,21H,1H3,(H2,27,29,32). The third kappa shape index (κ3) is 4.04. The van der Waals surface area contributed by atoms with Crippen molar-refractivity contribution in [2.45, 2.75) is 6.17 Å². The van der Waals surface area contributed by atoms with Gasteiger partial charge >= 0.3 is 6.03 Å². The molecule has 1 atom stereocenters. The van der Waals surface area contributed by atoms with Crippen molar-refractivity contribution in [2.24, 2.45) is 4.99 Å². The summed E-state index contributed by atoms with van der Waals surface area (Å²) in [5.74, 6) is -2.91. The number of aliphatic imine (C=N–C) groups is 1. The number of likely N-dealkylation sites (N-methyl/N-ethyl adjacent to an activating group) is 1. The summed E-state index contributed by atoms with van der Waals surface area (Å²) in [6.07, 6.45) is -1.43. The smallest absolute Gasteiger partial charge is 0.311 e. The van der Waals surface area contributed by atoms with Crippen LogP contribution in [0, 0.1) is 17.5 Å². The van der Waals surface area contributed by atoms with E-state index in [1.807, 2.05) is 0 Å². The number of anilines is 2. The number of carbonyl (C=O) groups excluding carboxylic acids is 2. The van der Waals surface area contributed by atoms with Crippen LogP contribution in [0.4, 0.5) is 29.3 Å². The summed E-state index contributed by atoms with van der Waals surface area (Å²) in [6.45, 7) is 0. The second kappa shape index (κ2) is 8.54. The first-order chi connectivity index (χ1) is 15.3. The van der Waals surface area contributed by atoms with Crippen LogP contribution in [-0.2, 0) is 4.79 Å². The molecule has 3 aromatic rings. The van der Waals surface area contributed by atoms with Crippen molar-refractivity contribution >= 4 is 29.0 Å². The SMILES string of the molecule is CN1C(=O)C(NC(=O)Nc2ccc(F)cc2F)N=C(c2ccccc2F)c2ccccc21. The number of hydrogen-bond donors (Lipinski definition) is 2. The van der Waals surface area contributed by atoms with Crippen LogP contribution in [-0.4, -0.2) is 30.9 Å². The lowest BCUT2D eigenvalue weighted by Gasteiger charge is -2.21. The molecule has 0 saturated heterocycles. The Kier molecular flexibility index (Phi) is 5.63. The Balaban J connectivity index is 1.71. The Morgan fingerprint density at radius 2 is 1.62 bits per heavy atom. The number of hydrogen-bond acceptors (Lipinski definition) is 3. The fourth-order valence-corrected chi connectivity index (χ4v) is 3.36. The van der Waals surface area contributed by atoms with Crippen molar-refractivity contribution in [3.8, 4) is 0 Å². The first kappa shape index (κ1) is 21.1. The van der Waals surface area contributed by atoms with Gasteiger partial charge in [-0.15, -0.1) is 0 Å². The van der Waals surface area contributed by atoms with E-state index in [1.165, 1.54) is 30.1 Å². The van der Waals surface area contributed by atoms with E-state index in [0.29, 0.717) is 17.3 Å². The fourth-order valence-electron chi connectivity index (χ4n) is 3.36. The second-order valence-electron chi connectivity index (χ2n) is 7.00. The Morgan fingerprint density at radius 3 is 2.34 bits per heavy atom. The summed E-state index contributed by atoms with van der Waals surface area (Å²) in [4.78, 5) is 31.2. The zero-order valence-electron chi connectivity index (χ0n) is 16.8. The quantitative estimate of drug-likeness (QED) is 0.647. The normalized spacial score (nSPS) is 15.5. The third-order valence-corrected chi connectivity index (χ3v) is 4.92. The molecule has 0 bridgehead atoms. The average molecular weight is 438 g/mol. The number of nitrogens with one attached hydrogen (secondary N) is 2. The molecular formula is C23H17F3N4O2. The number of urea groups is 1. The summed E-state index contributed by atoms with van der Waals surface area (Å²) in [5, 5.41) is 4.59. The van der Waals surface area contributed by atoms with Crippen LogP contribution in [0.5, 0.6) is 0 Å². The maximum Gasteiger partial charge on any atom is 0.321 e. The van der Waals surface area contributed by atoms with E-state index in [2.05, 4.69) is 15.6 Å². The summed E-state index contributed by atoms with van der Waals surface area (Å²) in [7, 11) is 1.51. The molecule has 162 valence electrons. The molecule has 0 saturated carbocycles. The fraction of sp³-hybridized carbons (Fsp3) is 0.0870. The lowest BCUT2D eigenvalue weighted by atomic mass is 10.00. The molecule has 1 aliphatic heterocycles. The Labute approximate surface area is 181 Å².